The van der Waals surface area contributed by atoms with E-state index < -0.39 is 0 Å². The van der Waals surface area contributed by atoms with Gasteiger partial charge in [-0.15, -0.1) is 0 Å². The van der Waals surface area contributed by atoms with Crippen LogP contribution in [0.5, 0.6) is 0 Å². The summed E-state index contributed by atoms with van der Waals surface area (Å²) in [6.45, 7) is 6.83. The van der Waals surface area contributed by atoms with Gasteiger partial charge in [0.15, 0.2) is 0 Å². The van der Waals surface area contributed by atoms with E-state index >= 15 is 0 Å². The highest BCUT2D eigenvalue weighted by Gasteiger charge is 2.08. The van der Waals surface area contributed by atoms with Crippen LogP contribution in [-0.2, 0) is 0 Å². The third kappa shape index (κ3) is 2.93. The second-order valence-electron chi connectivity index (χ2n) is 4.08. The second kappa shape index (κ2) is 5.44. The van der Waals surface area contributed by atoms with Crippen molar-refractivity contribution >= 4 is 11.9 Å². The average molecular weight is 247 g/mol. The number of nitrogens with one attached hydrogen (secondary N) is 2. The minimum absolute atomic E-state index is 0.262. The van der Waals surface area contributed by atoms with Crippen molar-refractivity contribution in [3.05, 3.63) is 18.7 Å². The molecule has 0 bridgehead atoms. The normalized spacial score (nSPS) is 10.7. The van der Waals surface area contributed by atoms with Crippen molar-refractivity contribution in [3.63, 3.8) is 0 Å². The minimum Gasteiger partial charge on any atom is -0.354 e. The summed E-state index contributed by atoms with van der Waals surface area (Å²) in [7, 11) is 0. The van der Waals surface area contributed by atoms with Crippen LogP contribution in [0.1, 0.15) is 20.8 Å². The number of hydrogen-bond donors (Lipinski definition) is 2. The first-order valence-corrected chi connectivity index (χ1v) is 5.94. The van der Waals surface area contributed by atoms with Gasteiger partial charge in [0.25, 0.3) is 0 Å². The van der Waals surface area contributed by atoms with E-state index in [0.717, 1.165) is 6.54 Å². The highest BCUT2D eigenvalue weighted by molar-refractivity contribution is 5.38. The molecular formula is C11H17N7. The maximum absolute atomic E-state index is 4.35. The SMILES string of the molecule is CCNc1nc(NC(C)C)nc(-n2ccnc2)n1. The smallest absolute Gasteiger partial charge is 0.241 e. The molecule has 0 saturated carbocycles. The minimum atomic E-state index is 0.262. The summed E-state index contributed by atoms with van der Waals surface area (Å²) in [5.41, 5.74) is 0. The van der Waals surface area contributed by atoms with Gasteiger partial charge in [0.1, 0.15) is 6.33 Å². The lowest BCUT2D eigenvalue weighted by Crippen LogP contribution is -2.16. The van der Waals surface area contributed by atoms with Gasteiger partial charge in [-0.3, -0.25) is 4.57 Å². The molecule has 0 amide bonds. The summed E-state index contributed by atoms with van der Waals surface area (Å²) < 4.78 is 1.74. The Hall–Kier alpha value is -2.18. The number of anilines is 2. The van der Waals surface area contributed by atoms with E-state index in [2.05, 4.69) is 30.6 Å². The molecule has 0 radical (unpaired) electrons. The molecule has 0 aliphatic carbocycles. The number of imidazole rings is 1. The van der Waals surface area contributed by atoms with Gasteiger partial charge < -0.3 is 10.6 Å². The summed E-state index contributed by atoms with van der Waals surface area (Å²) in [4.78, 5) is 17.0. The molecule has 0 aliphatic heterocycles. The van der Waals surface area contributed by atoms with Gasteiger partial charge in [-0.05, 0) is 20.8 Å². The van der Waals surface area contributed by atoms with Crippen LogP contribution < -0.4 is 10.6 Å². The van der Waals surface area contributed by atoms with Crippen LogP contribution in [0.2, 0.25) is 0 Å². The summed E-state index contributed by atoms with van der Waals surface area (Å²) in [6, 6.07) is 0.262. The molecule has 0 spiro atoms. The van der Waals surface area contributed by atoms with Crippen LogP contribution >= 0.6 is 0 Å². The van der Waals surface area contributed by atoms with Crippen LogP contribution in [0.15, 0.2) is 18.7 Å². The fourth-order valence-corrected chi connectivity index (χ4v) is 1.42. The molecule has 0 fully saturated rings. The van der Waals surface area contributed by atoms with Gasteiger partial charge in [-0.25, -0.2) is 4.98 Å². The van der Waals surface area contributed by atoms with E-state index in [1.54, 1.807) is 23.3 Å². The molecule has 2 aromatic rings. The Morgan fingerprint density at radius 3 is 2.61 bits per heavy atom. The van der Waals surface area contributed by atoms with Gasteiger partial charge in [-0.2, -0.15) is 15.0 Å². The maximum Gasteiger partial charge on any atom is 0.241 e. The zero-order valence-electron chi connectivity index (χ0n) is 10.8. The van der Waals surface area contributed by atoms with E-state index in [0.29, 0.717) is 17.8 Å². The molecule has 0 aromatic carbocycles. The summed E-state index contributed by atoms with van der Waals surface area (Å²) in [5.74, 6) is 1.65. The van der Waals surface area contributed by atoms with Crippen molar-refractivity contribution in [2.75, 3.05) is 17.2 Å². The number of rotatable bonds is 5. The van der Waals surface area contributed by atoms with Crippen molar-refractivity contribution in [1.82, 2.24) is 24.5 Å². The van der Waals surface area contributed by atoms with E-state index in [9.17, 15) is 0 Å². The van der Waals surface area contributed by atoms with Crippen LogP contribution in [0.4, 0.5) is 11.9 Å². The van der Waals surface area contributed by atoms with Crippen molar-refractivity contribution in [2.45, 2.75) is 26.8 Å². The molecule has 18 heavy (non-hydrogen) atoms. The summed E-state index contributed by atoms with van der Waals surface area (Å²) in [6.07, 6.45) is 5.14. The van der Waals surface area contributed by atoms with Gasteiger partial charge in [0.05, 0.1) is 0 Å². The Labute approximate surface area is 106 Å². The number of aromatic nitrogens is 5. The Morgan fingerprint density at radius 1 is 1.22 bits per heavy atom. The van der Waals surface area contributed by atoms with Crippen LogP contribution in [-0.4, -0.2) is 37.1 Å². The molecule has 0 atom stereocenters. The van der Waals surface area contributed by atoms with Gasteiger partial charge >= 0.3 is 0 Å². The van der Waals surface area contributed by atoms with Gasteiger partial charge in [0.2, 0.25) is 17.8 Å². The van der Waals surface area contributed by atoms with Crippen molar-refractivity contribution in [2.24, 2.45) is 0 Å². The predicted octanol–water partition coefficient (Wildman–Crippen LogP) is 1.31. The van der Waals surface area contributed by atoms with E-state index in [1.165, 1.54) is 0 Å². The zero-order chi connectivity index (χ0) is 13.0. The van der Waals surface area contributed by atoms with Crippen LogP contribution in [0, 0.1) is 0 Å². The average Bonchev–Trinajstić information content (AvgIpc) is 2.81. The van der Waals surface area contributed by atoms with Crippen molar-refractivity contribution in [1.29, 1.82) is 0 Å². The molecule has 2 rings (SSSR count). The lowest BCUT2D eigenvalue weighted by Gasteiger charge is -2.11. The molecule has 2 N–H and O–H groups in total. The Morgan fingerprint density at radius 2 is 2.00 bits per heavy atom. The third-order valence-electron chi connectivity index (χ3n) is 2.11. The van der Waals surface area contributed by atoms with E-state index in [1.807, 2.05) is 20.8 Å². The first-order chi connectivity index (χ1) is 8.69. The standard InChI is InChI=1S/C11H17N7/c1-4-13-9-15-10(14-8(2)3)17-11(16-9)18-6-5-12-7-18/h5-8H,4H2,1-3H3,(H2,13,14,15,16,17). The summed E-state index contributed by atoms with van der Waals surface area (Å²) in [5, 5.41) is 6.26. The van der Waals surface area contributed by atoms with Crippen LogP contribution in [0.25, 0.3) is 5.95 Å². The molecule has 96 valence electrons. The maximum atomic E-state index is 4.35. The summed E-state index contributed by atoms with van der Waals surface area (Å²) >= 11 is 0. The predicted molar refractivity (Wildman–Crippen MR) is 69.9 cm³/mol. The fraction of sp³-hybridized carbons (Fsp3) is 0.455. The molecule has 2 aromatic heterocycles. The molecule has 0 saturated heterocycles. The van der Waals surface area contributed by atoms with E-state index in [-0.39, 0.29) is 6.04 Å². The quantitative estimate of drug-likeness (QED) is 0.829. The molecule has 2 heterocycles. The second-order valence-corrected chi connectivity index (χ2v) is 4.08. The topological polar surface area (TPSA) is 80.5 Å². The molecule has 0 aliphatic rings. The fourth-order valence-electron chi connectivity index (χ4n) is 1.42. The highest BCUT2D eigenvalue weighted by Crippen LogP contribution is 2.09. The highest BCUT2D eigenvalue weighted by atomic mass is 15.3. The van der Waals surface area contributed by atoms with Gasteiger partial charge in [-0.1, -0.05) is 0 Å². The molecule has 7 heteroatoms. The zero-order valence-corrected chi connectivity index (χ0v) is 10.8. The first kappa shape index (κ1) is 12.3. The Bertz CT molecular complexity index is 492. The van der Waals surface area contributed by atoms with Crippen LogP contribution in [0.3, 0.4) is 0 Å². The number of hydrogen-bond acceptors (Lipinski definition) is 6. The lowest BCUT2D eigenvalue weighted by molar-refractivity contribution is 0.842. The van der Waals surface area contributed by atoms with Crippen molar-refractivity contribution in [3.8, 4) is 5.95 Å². The van der Waals surface area contributed by atoms with Gasteiger partial charge in [0, 0.05) is 25.0 Å². The van der Waals surface area contributed by atoms with Crippen molar-refractivity contribution < 1.29 is 0 Å². The molecule has 0 unspecified atom stereocenters. The molecule has 7 nitrogen and oxygen atoms in total. The monoisotopic (exact) mass is 247 g/mol. The van der Waals surface area contributed by atoms with E-state index in [4.69, 9.17) is 0 Å². The largest absolute Gasteiger partial charge is 0.354 e. The first-order valence-electron chi connectivity index (χ1n) is 5.94. The number of nitrogens with zero attached hydrogens (tertiary/aromatic N) is 5. The Balaban J connectivity index is 2.36. The third-order valence-corrected chi connectivity index (χ3v) is 2.11. The lowest BCUT2D eigenvalue weighted by atomic mass is 10.4. The Kier molecular flexibility index (Phi) is 3.71. The molecular weight excluding hydrogens is 230 g/mol.